The molecule has 0 aliphatic carbocycles. The van der Waals surface area contributed by atoms with Crippen LogP contribution in [0.2, 0.25) is 10.2 Å². The van der Waals surface area contributed by atoms with Crippen molar-refractivity contribution in [2.24, 2.45) is 5.73 Å². The molecule has 1 atom stereocenters. The molecule has 3 aromatic rings. The van der Waals surface area contributed by atoms with Crippen LogP contribution in [0.15, 0.2) is 24.3 Å². The van der Waals surface area contributed by atoms with E-state index in [-0.39, 0.29) is 35.2 Å². The van der Waals surface area contributed by atoms with Crippen molar-refractivity contribution in [2.45, 2.75) is 12.1 Å². The number of halogens is 3. The summed E-state index contributed by atoms with van der Waals surface area (Å²) in [5.74, 6) is -0.337. The van der Waals surface area contributed by atoms with E-state index in [4.69, 9.17) is 48.3 Å². The molecule has 1 unspecified atom stereocenters. The number of hydrogen-bond acceptors (Lipinski definition) is 9. The molecule has 0 bridgehead atoms. The Morgan fingerprint density at radius 1 is 1.23 bits per heavy atom. The van der Waals surface area contributed by atoms with Gasteiger partial charge in [0.2, 0.25) is 5.88 Å². The van der Waals surface area contributed by atoms with E-state index in [1.54, 1.807) is 12.1 Å². The van der Waals surface area contributed by atoms with Crippen LogP contribution in [0, 0.1) is 5.82 Å². The number of aromatic nitrogens is 3. The first-order valence-corrected chi connectivity index (χ1v) is 10.7. The summed E-state index contributed by atoms with van der Waals surface area (Å²) in [5.41, 5.74) is 6.60. The van der Waals surface area contributed by atoms with E-state index in [0.717, 1.165) is 0 Å². The predicted molar refractivity (Wildman–Crippen MR) is 114 cm³/mol. The molecule has 4 rings (SSSR count). The minimum absolute atomic E-state index is 0.0494. The van der Waals surface area contributed by atoms with Crippen molar-refractivity contribution in [3.63, 3.8) is 0 Å². The number of nitrogens with two attached hydrogens (primary N) is 1. The van der Waals surface area contributed by atoms with Crippen molar-refractivity contribution in [2.75, 3.05) is 26.4 Å². The molecule has 0 saturated carbocycles. The lowest BCUT2D eigenvalue weighted by atomic mass is 10.2. The van der Waals surface area contributed by atoms with Gasteiger partial charge < -0.3 is 25.1 Å². The van der Waals surface area contributed by atoms with Crippen molar-refractivity contribution in [3.05, 3.63) is 40.3 Å². The van der Waals surface area contributed by atoms with Crippen molar-refractivity contribution in [3.8, 4) is 32.8 Å². The number of rotatable bonds is 8. The minimum Gasteiger partial charge on any atom is -0.489 e. The van der Waals surface area contributed by atoms with Gasteiger partial charge in [0.1, 0.15) is 27.9 Å². The second kappa shape index (κ2) is 9.60. The summed E-state index contributed by atoms with van der Waals surface area (Å²) < 4.78 is 30.6. The smallest absolute Gasteiger partial charge is 0.215 e. The molecule has 31 heavy (non-hydrogen) atoms. The highest BCUT2D eigenvalue weighted by molar-refractivity contribution is 7.18. The standard InChI is InChI=1S/C19H17Cl2FN4O4S/c20-13-4-15(29-6-10(23)5-27)14(22)3-12(13)19-26-25-18(31-19)9-1-16(21)24-17(2-9)30-11-7-28-8-11/h1-4,10-11,27H,5-8,23H2. The van der Waals surface area contributed by atoms with Crippen LogP contribution in [0.3, 0.4) is 0 Å². The fourth-order valence-corrected chi connectivity index (χ4v) is 3.97. The highest BCUT2D eigenvalue weighted by atomic mass is 35.5. The molecule has 1 aromatic carbocycles. The number of aliphatic hydroxyl groups is 1. The van der Waals surface area contributed by atoms with Crippen molar-refractivity contribution in [1.29, 1.82) is 0 Å². The van der Waals surface area contributed by atoms with Crippen LogP contribution < -0.4 is 15.2 Å². The Morgan fingerprint density at radius 2 is 2.00 bits per heavy atom. The molecule has 164 valence electrons. The fraction of sp³-hybridized carbons (Fsp3) is 0.316. The summed E-state index contributed by atoms with van der Waals surface area (Å²) in [6, 6.07) is 5.28. The summed E-state index contributed by atoms with van der Waals surface area (Å²) in [4.78, 5) is 4.15. The number of pyridine rings is 1. The largest absolute Gasteiger partial charge is 0.489 e. The molecular weight excluding hydrogens is 470 g/mol. The highest BCUT2D eigenvalue weighted by Crippen LogP contribution is 2.38. The van der Waals surface area contributed by atoms with Crippen molar-refractivity contribution >= 4 is 34.5 Å². The molecule has 1 aliphatic rings. The Kier molecular flexibility index (Phi) is 6.85. The quantitative estimate of drug-likeness (QED) is 0.466. The lowest BCUT2D eigenvalue weighted by Crippen LogP contribution is -2.38. The van der Waals surface area contributed by atoms with Crippen LogP contribution >= 0.6 is 34.5 Å². The Balaban J connectivity index is 1.57. The number of hydrogen-bond donors (Lipinski definition) is 2. The third-order valence-corrected chi connectivity index (χ3v) is 5.79. The summed E-state index contributed by atoms with van der Waals surface area (Å²) in [5, 5.41) is 18.7. The zero-order valence-corrected chi connectivity index (χ0v) is 18.3. The molecule has 0 amide bonds. The topological polar surface area (TPSA) is 113 Å². The van der Waals surface area contributed by atoms with Crippen LogP contribution in [0.4, 0.5) is 4.39 Å². The van der Waals surface area contributed by atoms with Gasteiger partial charge in [-0.2, -0.15) is 0 Å². The number of aliphatic hydroxyl groups excluding tert-OH is 1. The van der Waals surface area contributed by atoms with Gasteiger partial charge in [0.15, 0.2) is 11.6 Å². The van der Waals surface area contributed by atoms with Crippen LogP contribution in [-0.4, -0.2) is 58.9 Å². The molecule has 8 nitrogen and oxygen atoms in total. The van der Waals surface area contributed by atoms with Crippen LogP contribution in [0.5, 0.6) is 11.6 Å². The maximum absolute atomic E-state index is 14.5. The molecule has 1 fully saturated rings. The second-order valence-corrected chi connectivity index (χ2v) is 8.49. The first-order valence-electron chi connectivity index (χ1n) is 9.17. The normalized spacial score (nSPS) is 14.9. The first-order chi connectivity index (χ1) is 14.9. The molecule has 1 saturated heterocycles. The minimum atomic E-state index is -0.633. The zero-order valence-electron chi connectivity index (χ0n) is 15.9. The van der Waals surface area contributed by atoms with E-state index in [1.165, 1.54) is 23.5 Å². The first kappa shape index (κ1) is 22.1. The molecule has 12 heteroatoms. The van der Waals surface area contributed by atoms with E-state index < -0.39 is 11.9 Å². The van der Waals surface area contributed by atoms with Gasteiger partial charge in [-0.3, -0.25) is 0 Å². The van der Waals surface area contributed by atoms with Gasteiger partial charge in [-0.15, -0.1) is 10.2 Å². The molecule has 1 aliphatic heterocycles. The molecule has 2 aromatic heterocycles. The number of ether oxygens (including phenoxy) is 3. The average molecular weight is 487 g/mol. The molecular formula is C19H17Cl2FN4O4S. The second-order valence-electron chi connectivity index (χ2n) is 6.72. The third kappa shape index (κ3) is 5.22. The van der Waals surface area contributed by atoms with Crippen LogP contribution in [0.1, 0.15) is 0 Å². The number of nitrogens with zero attached hydrogens (tertiary/aromatic N) is 3. The van der Waals surface area contributed by atoms with Crippen LogP contribution in [-0.2, 0) is 4.74 Å². The predicted octanol–water partition coefficient (Wildman–Crippen LogP) is 3.19. The number of benzene rings is 1. The maximum atomic E-state index is 14.5. The lowest BCUT2D eigenvalue weighted by Gasteiger charge is -2.26. The van der Waals surface area contributed by atoms with E-state index in [9.17, 15) is 4.39 Å². The summed E-state index contributed by atoms with van der Waals surface area (Å²) in [7, 11) is 0. The zero-order chi connectivity index (χ0) is 22.0. The van der Waals surface area contributed by atoms with Crippen LogP contribution in [0.25, 0.3) is 21.1 Å². The SMILES string of the molecule is NC(CO)COc1cc(Cl)c(-c2nnc(-c3cc(Cl)nc(OC4COC4)c3)s2)cc1F. The summed E-state index contributed by atoms with van der Waals surface area (Å²) >= 11 is 13.7. The monoisotopic (exact) mass is 486 g/mol. The fourth-order valence-electron chi connectivity index (χ4n) is 2.61. The summed E-state index contributed by atoms with van der Waals surface area (Å²) in [6.45, 7) is 0.678. The Hall–Kier alpha value is -2.08. The molecule has 3 N–H and O–H groups in total. The van der Waals surface area contributed by atoms with E-state index in [0.29, 0.717) is 40.2 Å². The van der Waals surface area contributed by atoms with Gasteiger partial charge in [0.25, 0.3) is 0 Å². The maximum Gasteiger partial charge on any atom is 0.215 e. The van der Waals surface area contributed by atoms with Gasteiger partial charge in [0, 0.05) is 23.3 Å². The average Bonchev–Trinajstić information content (AvgIpc) is 3.20. The van der Waals surface area contributed by atoms with E-state index in [2.05, 4.69) is 15.2 Å². The summed E-state index contributed by atoms with van der Waals surface area (Å²) in [6.07, 6.45) is -0.0572. The van der Waals surface area contributed by atoms with E-state index >= 15 is 0 Å². The molecule has 3 heterocycles. The van der Waals surface area contributed by atoms with Crippen molar-refractivity contribution < 1.29 is 23.7 Å². The van der Waals surface area contributed by atoms with Gasteiger partial charge in [0.05, 0.1) is 30.9 Å². The Bertz CT molecular complexity index is 1080. The van der Waals surface area contributed by atoms with Crippen molar-refractivity contribution in [1.82, 2.24) is 15.2 Å². The van der Waals surface area contributed by atoms with E-state index in [1.807, 2.05) is 0 Å². The molecule has 0 radical (unpaired) electrons. The van der Waals surface area contributed by atoms with Gasteiger partial charge in [-0.1, -0.05) is 34.5 Å². The Morgan fingerprint density at radius 3 is 2.71 bits per heavy atom. The van der Waals surface area contributed by atoms with Gasteiger partial charge in [-0.25, -0.2) is 9.37 Å². The van der Waals surface area contributed by atoms with Gasteiger partial charge in [-0.05, 0) is 12.1 Å². The Labute approximate surface area is 190 Å². The highest BCUT2D eigenvalue weighted by Gasteiger charge is 2.22. The van der Waals surface area contributed by atoms with Gasteiger partial charge >= 0.3 is 0 Å². The lowest BCUT2D eigenvalue weighted by molar-refractivity contribution is -0.0813. The third-order valence-electron chi connectivity index (χ3n) is 4.28. The molecule has 0 spiro atoms.